The molecule has 5 nitrogen and oxygen atoms in total. The SMILES string of the molecule is CC1(C)c2ccccc2-c2cc3c4ccccc4n(-c4nc(-c5ccccc5)cc(-c5ccc(-n6c7ccccc7c7cc(-c8ccc9c(c8)c8ccccc8n9-c8ccccc8)ccc76)cc5)n4)c3cc21. The second kappa shape index (κ2) is 15.3. The van der Waals surface area contributed by atoms with Crippen molar-refractivity contribution in [3.63, 3.8) is 0 Å². The quantitative estimate of drug-likeness (QED) is 0.167. The monoisotopic (exact) mass is 919 g/mol. The molecule has 0 radical (unpaired) electrons. The zero-order valence-electron chi connectivity index (χ0n) is 39.8. The van der Waals surface area contributed by atoms with E-state index in [1.165, 1.54) is 82.2 Å². The van der Waals surface area contributed by atoms with Gasteiger partial charge in [0.25, 0.3) is 0 Å². The minimum absolute atomic E-state index is 0.152. The minimum atomic E-state index is -0.152. The lowest BCUT2D eigenvalue weighted by molar-refractivity contribution is 0.661. The highest BCUT2D eigenvalue weighted by molar-refractivity contribution is 6.14. The van der Waals surface area contributed by atoms with Gasteiger partial charge in [-0.1, -0.05) is 166 Å². The second-order valence-electron chi connectivity index (χ2n) is 19.8. The van der Waals surface area contributed by atoms with Gasteiger partial charge in [0.05, 0.1) is 44.5 Å². The van der Waals surface area contributed by atoms with E-state index in [4.69, 9.17) is 9.97 Å². The maximum atomic E-state index is 5.47. The molecule has 4 aromatic heterocycles. The van der Waals surface area contributed by atoms with Gasteiger partial charge in [-0.3, -0.25) is 4.57 Å². The lowest BCUT2D eigenvalue weighted by Gasteiger charge is -2.21. The summed E-state index contributed by atoms with van der Waals surface area (Å²) in [6, 6.07) is 85.9. The fraction of sp³-hybridized carbons (Fsp3) is 0.0448. The van der Waals surface area contributed by atoms with Gasteiger partial charge in [-0.15, -0.1) is 0 Å². The predicted octanol–water partition coefficient (Wildman–Crippen LogP) is 17.1. The third kappa shape index (κ3) is 5.94. The van der Waals surface area contributed by atoms with E-state index >= 15 is 0 Å². The summed E-state index contributed by atoms with van der Waals surface area (Å²) in [5.41, 5.74) is 20.5. The number of para-hydroxylation sites is 4. The van der Waals surface area contributed by atoms with Crippen LogP contribution in [-0.4, -0.2) is 23.7 Å². The molecule has 0 bridgehead atoms. The summed E-state index contributed by atoms with van der Waals surface area (Å²) >= 11 is 0. The van der Waals surface area contributed by atoms with E-state index in [1.54, 1.807) is 0 Å². The van der Waals surface area contributed by atoms with Crippen LogP contribution in [0.5, 0.6) is 0 Å². The van der Waals surface area contributed by atoms with Gasteiger partial charge in [0, 0.05) is 60.2 Å². The molecular weight excluding hydrogens is 875 g/mol. The Morgan fingerprint density at radius 2 is 0.736 bits per heavy atom. The molecule has 15 rings (SSSR count). The first-order valence-corrected chi connectivity index (χ1v) is 24.8. The van der Waals surface area contributed by atoms with E-state index in [9.17, 15) is 0 Å². The Balaban J connectivity index is 0.853. The lowest BCUT2D eigenvalue weighted by atomic mass is 9.82. The van der Waals surface area contributed by atoms with Crippen molar-refractivity contribution in [1.82, 2.24) is 23.7 Å². The third-order valence-electron chi connectivity index (χ3n) is 15.5. The van der Waals surface area contributed by atoms with E-state index in [0.29, 0.717) is 5.95 Å². The fourth-order valence-electron chi connectivity index (χ4n) is 12.0. The van der Waals surface area contributed by atoms with Gasteiger partial charge < -0.3 is 9.13 Å². The Bertz CT molecular complexity index is 4510. The number of benzene rings is 10. The molecule has 14 aromatic rings. The van der Waals surface area contributed by atoms with Crippen LogP contribution in [0.1, 0.15) is 25.0 Å². The first-order valence-electron chi connectivity index (χ1n) is 24.8. The van der Waals surface area contributed by atoms with Crippen LogP contribution in [0.2, 0.25) is 0 Å². The number of fused-ring (bicyclic) bond motifs is 12. The van der Waals surface area contributed by atoms with Crippen LogP contribution in [-0.2, 0) is 5.41 Å². The number of nitrogens with zero attached hydrogens (tertiary/aromatic N) is 5. The fourth-order valence-corrected chi connectivity index (χ4v) is 12.0. The molecule has 5 heteroatoms. The van der Waals surface area contributed by atoms with Gasteiger partial charge in [0.15, 0.2) is 0 Å². The van der Waals surface area contributed by atoms with Crippen LogP contribution < -0.4 is 0 Å². The van der Waals surface area contributed by atoms with Gasteiger partial charge in [0.1, 0.15) is 0 Å². The van der Waals surface area contributed by atoms with E-state index in [1.807, 2.05) is 0 Å². The van der Waals surface area contributed by atoms with Crippen LogP contribution in [0, 0.1) is 0 Å². The van der Waals surface area contributed by atoms with Crippen molar-refractivity contribution in [2.75, 3.05) is 0 Å². The van der Waals surface area contributed by atoms with Crippen LogP contribution in [0.4, 0.5) is 0 Å². The number of rotatable bonds is 6. The summed E-state index contributed by atoms with van der Waals surface area (Å²) < 4.78 is 7.05. The molecule has 0 saturated heterocycles. The highest BCUT2D eigenvalue weighted by Gasteiger charge is 2.36. The molecule has 1 aliphatic carbocycles. The second-order valence-corrected chi connectivity index (χ2v) is 19.8. The Kier molecular flexibility index (Phi) is 8.64. The number of aromatic nitrogens is 5. The van der Waals surface area contributed by atoms with E-state index < -0.39 is 0 Å². The molecule has 0 aliphatic heterocycles. The van der Waals surface area contributed by atoms with Crippen molar-refractivity contribution in [3.05, 3.63) is 248 Å². The van der Waals surface area contributed by atoms with Gasteiger partial charge in [0.2, 0.25) is 5.95 Å². The van der Waals surface area contributed by atoms with Crippen molar-refractivity contribution in [2.24, 2.45) is 0 Å². The lowest BCUT2D eigenvalue weighted by Crippen LogP contribution is -2.15. The summed E-state index contributed by atoms with van der Waals surface area (Å²) in [5, 5.41) is 7.31. The molecule has 338 valence electrons. The zero-order chi connectivity index (χ0) is 47.7. The molecule has 72 heavy (non-hydrogen) atoms. The highest BCUT2D eigenvalue weighted by atomic mass is 15.2. The summed E-state index contributed by atoms with van der Waals surface area (Å²) in [7, 11) is 0. The van der Waals surface area contributed by atoms with Crippen molar-refractivity contribution < 1.29 is 0 Å². The molecule has 0 unspecified atom stereocenters. The molecular formula is C67H45N5. The number of hydrogen-bond acceptors (Lipinski definition) is 2. The summed E-state index contributed by atoms with van der Waals surface area (Å²) in [5.74, 6) is 0.647. The topological polar surface area (TPSA) is 40.6 Å². The van der Waals surface area contributed by atoms with Gasteiger partial charge in [-0.2, -0.15) is 0 Å². The smallest absolute Gasteiger partial charge is 0.235 e. The molecule has 0 amide bonds. The average molecular weight is 920 g/mol. The van der Waals surface area contributed by atoms with Crippen LogP contribution >= 0.6 is 0 Å². The van der Waals surface area contributed by atoms with Crippen molar-refractivity contribution >= 4 is 65.4 Å². The maximum absolute atomic E-state index is 5.47. The molecule has 0 atom stereocenters. The zero-order valence-corrected chi connectivity index (χ0v) is 39.8. The minimum Gasteiger partial charge on any atom is -0.309 e. The van der Waals surface area contributed by atoms with Crippen molar-refractivity contribution in [2.45, 2.75) is 19.3 Å². The van der Waals surface area contributed by atoms with E-state index in [-0.39, 0.29) is 5.41 Å². The first kappa shape index (κ1) is 40.6. The van der Waals surface area contributed by atoms with E-state index in [0.717, 1.165) is 50.4 Å². The Labute approximate surface area is 416 Å². The molecule has 0 spiro atoms. The predicted molar refractivity (Wildman–Crippen MR) is 299 cm³/mol. The number of hydrogen-bond donors (Lipinski definition) is 0. The molecule has 1 aliphatic rings. The largest absolute Gasteiger partial charge is 0.309 e. The summed E-state index contributed by atoms with van der Waals surface area (Å²) in [6.45, 7) is 4.69. The van der Waals surface area contributed by atoms with Crippen LogP contribution in [0.15, 0.2) is 237 Å². The standard InChI is InChI=1S/C67H45N5/c1-67(2)56-25-13-9-21-48(56)52-39-55-51-24-12-16-28-62(51)72(65(55)40-57(52)67)66-68-58(42-17-5-3-6-18-42)41-59(69-66)43-29-33-47(34-30-43)71-61-27-15-11-23-50(61)54-38-45(32-36-64(54)71)44-31-35-63-53(37-44)49-22-10-14-26-60(49)70(63)46-19-7-4-8-20-46/h3-41H,1-2H3. The first-order chi connectivity index (χ1) is 35.5. The Hall–Kier alpha value is -9.32. The van der Waals surface area contributed by atoms with Crippen molar-refractivity contribution in [1.29, 1.82) is 0 Å². The Morgan fingerprint density at radius 3 is 1.33 bits per heavy atom. The summed E-state index contributed by atoms with van der Waals surface area (Å²) in [4.78, 5) is 10.9. The molecule has 0 saturated carbocycles. The van der Waals surface area contributed by atoms with E-state index in [2.05, 4.69) is 264 Å². The maximum Gasteiger partial charge on any atom is 0.235 e. The van der Waals surface area contributed by atoms with Gasteiger partial charge in [-0.25, -0.2) is 9.97 Å². The Morgan fingerprint density at radius 1 is 0.292 bits per heavy atom. The molecule has 0 N–H and O–H groups in total. The molecule has 4 heterocycles. The molecule has 10 aromatic carbocycles. The van der Waals surface area contributed by atoms with Crippen LogP contribution in [0.25, 0.3) is 128 Å². The molecule has 0 fully saturated rings. The van der Waals surface area contributed by atoms with Crippen LogP contribution in [0.3, 0.4) is 0 Å². The third-order valence-corrected chi connectivity index (χ3v) is 15.5. The normalized spacial score (nSPS) is 13.0. The summed E-state index contributed by atoms with van der Waals surface area (Å²) in [6.07, 6.45) is 0. The van der Waals surface area contributed by atoms with Crippen molar-refractivity contribution in [3.8, 4) is 62.1 Å². The highest BCUT2D eigenvalue weighted by Crippen LogP contribution is 2.51. The van der Waals surface area contributed by atoms with Gasteiger partial charge in [-0.05, 0) is 118 Å². The van der Waals surface area contributed by atoms with Gasteiger partial charge >= 0.3 is 0 Å². The average Bonchev–Trinajstić information content (AvgIpc) is 4.13.